The summed E-state index contributed by atoms with van der Waals surface area (Å²) in [5.41, 5.74) is 1.30. The Morgan fingerprint density at radius 3 is 2.60 bits per heavy atom. The van der Waals surface area contributed by atoms with E-state index in [-0.39, 0.29) is 0 Å². The van der Waals surface area contributed by atoms with E-state index in [0.717, 1.165) is 43.3 Å². The zero-order valence-electron chi connectivity index (χ0n) is 12.3. The number of guanidine groups is 1. The Bertz CT molecular complexity index is 421. The van der Waals surface area contributed by atoms with E-state index in [1.807, 2.05) is 0 Å². The van der Waals surface area contributed by atoms with Crippen LogP contribution in [0.15, 0.2) is 21.8 Å². The fourth-order valence-corrected chi connectivity index (χ4v) is 3.54. The normalized spacial score (nSPS) is 19.4. The lowest BCUT2D eigenvalue weighted by molar-refractivity contribution is 0.400. The summed E-state index contributed by atoms with van der Waals surface area (Å²) in [6.07, 6.45) is 5.80. The maximum Gasteiger partial charge on any atom is 0.191 e. The van der Waals surface area contributed by atoms with Gasteiger partial charge in [-0.05, 0) is 72.8 Å². The molecule has 0 amide bonds. The van der Waals surface area contributed by atoms with E-state index in [9.17, 15) is 0 Å². The number of nitrogens with zero attached hydrogens (tertiary/aromatic N) is 1. The van der Waals surface area contributed by atoms with Gasteiger partial charge < -0.3 is 10.6 Å². The number of thiophene rings is 1. The molecule has 110 valence electrons. The SMILES string of the molecule is CCNC(=NCc1ccsc1)NCC(C1CC1)C1CC1. The molecule has 0 radical (unpaired) electrons. The molecule has 3 rings (SSSR count). The van der Waals surface area contributed by atoms with Gasteiger partial charge in [0, 0.05) is 13.1 Å². The van der Waals surface area contributed by atoms with E-state index in [4.69, 9.17) is 0 Å². The van der Waals surface area contributed by atoms with Gasteiger partial charge in [-0.1, -0.05) is 0 Å². The summed E-state index contributed by atoms with van der Waals surface area (Å²) in [5, 5.41) is 11.2. The molecule has 0 bridgehead atoms. The summed E-state index contributed by atoms with van der Waals surface area (Å²) in [5.74, 6) is 3.86. The minimum absolute atomic E-state index is 0.774. The van der Waals surface area contributed by atoms with Crippen LogP contribution in [-0.2, 0) is 6.54 Å². The van der Waals surface area contributed by atoms with E-state index >= 15 is 0 Å². The highest BCUT2D eigenvalue weighted by Crippen LogP contribution is 2.48. The van der Waals surface area contributed by atoms with Gasteiger partial charge in [-0.3, -0.25) is 0 Å². The monoisotopic (exact) mass is 291 g/mol. The number of aliphatic imine (C=N–C) groups is 1. The Kier molecular flexibility index (Phi) is 4.61. The van der Waals surface area contributed by atoms with Crippen molar-refractivity contribution in [1.82, 2.24) is 10.6 Å². The highest BCUT2D eigenvalue weighted by atomic mass is 32.1. The van der Waals surface area contributed by atoms with Crippen molar-refractivity contribution in [2.24, 2.45) is 22.7 Å². The predicted octanol–water partition coefficient (Wildman–Crippen LogP) is 3.24. The smallest absolute Gasteiger partial charge is 0.191 e. The molecule has 0 atom stereocenters. The molecule has 20 heavy (non-hydrogen) atoms. The second-order valence-electron chi connectivity index (χ2n) is 6.05. The first-order chi connectivity index (χ1) is 9.86. The summed E-state index contributed by atoms with van der Waals surface area (Å²) in [7, 11) is 0. The number of hydrogen-bond acceptors (Lipinski definition) is 2. The van der Waals surface area contributed by atoms with Crippen LogP contribution in [0.25, 0.3) is 0 Å². The highest BCUT2D eigenvalue weighted by molar-refractivity contribution is 7.07. The lowest BCUT2D eigenvalue weighted by Crippen LogP contribution is -2.40. The van der Waals surface area contributed by atoms with Gasteiger partial charge in [0.05, 0.1) is 6.54 Å². The summed E-state index contributed by atoms with van der Waals surface area (Å²) in [4.78, 5) is 4.69. The minimum atomic E-state index is 0.774. The molecule has 2 fully saturated rings. The zero-order valence-corrected chi connectivity index (χ0v) is 13.1. The standard InChI is InChI=1S/C16H25N3S/c1-2-17-16(18-9-12-7-8-20-11-12)19-10-15(13-3-4-13)14-5-6-14/h7-8,11,13-15H,2-6,9-10H2,1H3,(H2,17,18,19). The molecular formula is C16H25N3S. The van der Waals surface area contributed by atoms with E-state index < -0.39 is 0 Å². The van der Waals surface area contributed by atoms with Crippen LogP contribution in [0.2, 0.25) is 0 Å². The van der Waals surface area contributed by atoms with Gasteiger partial charge in [0.2, 0.25) is 0 Å². The average molecular weight is 291 g/mol. The summed E-state index contributed by atoms with van der Waals surface area (Å²) in [6.45, 7) is 4.93. The van der Waals surface area contributed by atoms with E-state index in [2.05, 4.69) is 39.4 Å². The van der Waals surface area contributed by atoms with E-state index in [1.165, 1.54) is 31.2 Å². The van der Waals surface area contributed by atoms with Gasteiger partial charge >= 0.3 is 0 Å². The third kappa shape index (κ3) is 3.98. The molecule has 2 saturated carbocycles. The van der Waals surface area contributed by atoms with E-state index in [0.29, 0.717) is 0 Å². The molecule has 0 aliphatic heterocycles. The van der Waals surface area contributed by atoms with Crippen LogP contribution in [-0.4, -0.2) is 19.0 Å². The molecule has 0 aromatic carbocycles. The van der Waals surface area contributed by atoms with Crippen molar-refractivity contribution >= 4 is 17.3 Å². The fourth-order valence-electron chi connectivity index (χ4n) is 2.88. The lowest BCUT2D eigenvalue weighted by atomic mass is 9.98. The second kappa shape index (κ2) is 6.61. The third-order valence-electron chi connectivity index (χ3n) is 4.30. The first kappa shape index (κ1) is 13.9. The first-order valence-corrected chi connectivity index (χ1v) is 8.84. The molecule has 2 aliphatic rings. The van der Waals surface area contributed by atoms with Gasteiger partial charge in [0.25, 0.3) is 0 Å². The van der Waals surface area contributed by atoms with Gasteiger partial charge in [0.1, 0.15) is 0 Å². The Labute approximate surface area is 125 Å². The Balaban J connectivity index is 1.51. The molecular weight excluding hydrogens is 266 g/mol. The Morgan fingerprint density at radius 1 is 1.30 bits per heavy atom. The molecule has 0 saturated heterocycles. The zero-order chi connectivity index (χ0) is 13.8. The largest absolute Gasteiger partial charge is 0.357 e. The van der Waals surface area contributed by atoms with Crippen LogP contribution < -0.4 is 10.6 Å². The van der Waals surface area contributed by atoms with Gasteiger partial charge in [0.15, 0.2) is 5.96 Å². The number of nitrogens with one attached hydrogen (secondary N) is 2. The van der Waals surface area contributed by atoms with Crippen molar-refractivity contribution in [3.8, 4) is 0 Å². The van der Waals surface area contributed by atoms with Gasteiger partial charge in [-0.15, -0.1) is 0 Å². The molecule has 0 unspecified atom stereocenters. The van der Waals surface area contributed by atoms with Crippen LogP contribution in [0.5, 0.6) is 0 Å². The molecule has 2 N–H and O–H groups in total. The van der Waals surface area contributed by atoms with Crippen LogP contribution in [0.3, 0.4) is 0 Å². The van der Waals surface area contributed by atoms with Gasteiger partial charge in [-0.2, -0.15) is 11.3 Å². The molecule has 4 heteroatoms. The maximum atomic E-state index is 4.69. The van der Waals surface area contributed by atoms with Gasteiger partial charge in [-0.25, -0.2) is 4.99 Å². The summed E-state index contributed by atoms with van der Waals surface area (Å²) < 4.78 is 0. The highest BCUT2D eigenvalue weighted by Gasteiger charge is 2.41. The maximum absolute atomic E-state index is 4.69. The molecule has 1 heterocycles. The second-order valence-corrected chi connectivity index (χ2v) is 6.83. The number of rotatable bonds is 7. The lowest BCUT2D eigenvalue weighted by Gasteiger charge is -2.18. The Hall–Kier alpha value is -1.03. The average Bonchev–Trinajstić information content (AvgIpc) is 3.38. The van der Waals surface area contributed by atoms with Crippen molar-refractivity contribution < 1.29 is 0 Å². The van der Waals surface area contributed by atoms with Crippen LogP contribution in [0, 0.1) is 17.8 Å². The first-order valence-electron chi connectivity index (χ1n) is 7.90. The van der Waals surface area contributed by atoms with Crippen LogP contribution >= 0.6 is 11.3 Å². The van der Waals surface area contributed by atoms with Crippen molar-refractivity contribution in [3.05, 3.63) is 22.4 Å². The molecule has 1 aromatic heterocycles. The molecule has 0 spiro atoms. The van der Waals surface area contributed by atoms with Crippen molar-refractivity contribution in [3.63, 3.8) is 0 Å². The Morgan fingerprint density at radius 2 is 2.05 bits per heavy atom. The van der Waals surface area contributed by atoms with Crippen molar-refractivity contribution in [2.45, 2.75) is 39.2 Å². The van der Waals surface area contributed by atoms with Crippen molar-refractivity contribution in [2.75, 3.05) is 13.1 Å². The molecule has 3 nitrogen and oxygen atoms in total. The topological polar surface area (TPSA) is 36.4 Å². The number of hydrogen-bond donors (Lipinski definition) is 2. The summed E-state index contributed by atoms with van der Waals surface area (Å²) >= 11 is 1.74. The third-order valence-corrected chi connectivity index (χ3v) is 5.04. The minimum Gasteiger partial charge on any atom is -0.357 e. The van der Waals surface area contributed by atoms with Crippen LogP contribution in [0.4, 0.5) is 0 Å². The van der Waals surface area contributed by atoms with Crippen molar-refractivity contribution in [1.29, 1.82) is 0 Å². The molecule has 1 aromatic rings. The predicted molar refractivity (Wildman–Crippen MR) is 86.1 cm³/mol. The van der Waals surface area contributed by atoms with Crippen LogP contribution in [0.1, 0.15) is 38.2 Å². The fraction of sp³-hybridized carbons (Fsp3) is 0.688. The molecule has 2 aliphatic carbocycles. The quantitative estimate of drug-likeness (QED) is 0.598. The van der Waals surface area contributed by atoms with E-state index in [1.54, 1.807) is 11.3 Å². The summed E-state index contributed by atoms with van der Waals surface area (Å²) in [6, 6.07) is 2.15.